The minimum atomic E-state index is -0.291. The lowest BCUT2D eigenvalue weighted by molar-refractivity contribution is 0.00926. The molecule has 0 amide bonds. The molecule has 2 aliphatic rings. The van der Waals surface area contributed by atoms with Crippen LogP contribution in [-0.2, 0) is 6.42 Å². The minimum Gasteiger partial charge on any atom is -0.412 e. The Bertz CT molecular complexity index is 992. The number of nitrogens with zero attached hydrogens (tertiary/aromatic N) is 4. The van der Waals surface area contributed by atoms with Crippen molar-refractivity contribution >= 4 is 23.7 Å². The Labute approximate surface area is 218 Å². The van der Waals surface area contributed by atoms with E-state index < -0.39 is 0 Å². The van der Waals surface area contributed by atoms with Crippen molar-refractivity contribution in [3.8, 4) is 6.07 Å². The van der Waals surface area contributed by atoms with Crippen molar-refractivity contribution in [3.05, 3.63) is 41.6 Å². The number of nitrogens with one attached hydrogen (secondary N) is 2. The highest BCUT2D eigenvalue weighted by Crippen LogP contribution is 2.37. The second-order valence-corrected chi connectivity index (χ2v) is 11.3. The van der Waals surface area contributed by atoms with Crippen molar-refractivity contribution in [1.82, 2.24) is 14.3 Å². The number of aliphatic hydroxyl groups is 1. The van der Waals surface area contributed by atoms with Gasteiger partial charge in [-0.15, -0.1) is 0 Å². The van der Waals surface area contributed by atoms with Crippen LogP contribution in [-0.4, -0.2) is 62.1 Å². The van der Waals surface area contributed by atoms with Crippen LogP contribution in [0.4, 0.5) is 11.8 Å². The van der Waals surface area contributed by atoms with Gasteiger partial charge in [0, 0.05) is 30.6 Å². The van der Waals surface area contributed by atoms with Gasteiger partial charge in [0.25, 0.3) is 0 Å². The van der Waals surface area contributed by atoms with E-state index in [0.717, 1.165) is 25.7 Å². The molecule has 7 N–H and O–H groups in total. The van der Waals surface area contributed by atoms with E-state index in [1.165, 1.54) is 42.8 Å². The topological polar surface area (TPSA) is 160 Å². The van der Waals surface area contributed by atoms with Gasteiger partial charge >= 0.3 is 0 Å². The summed E-state index contributed by atoms with van der Waals surface area (Å²) in [5.74, 6) is 1.09. The van der Waals surface area contributed by atoms with E-state index in [9.17, 15) is 10.4 Å². The molecule has 198 valence electrons. The molecule has 1 saturated carbocycles. The van der Waals surface area contributed by atoms with Crippen LogP contribution in [0.25, 0.3) is 0 Å². The van der Waals surface area contributed by atoms with Gasteiger partial charge in [-0.1, -0.05) is 32.4 Å². The van der Waals surface area contributed by atoms with Crippen LogP contribution in [0.1, 0.15) is 63.5 Å². The van der Waals surface area contributed by atoms with Crippen molar-refractivity contribution in [2.45, 2.75) is 75.8 Å². The summed E-state index contributed by atoms with van der Waals surface area (Å²) in [5, 5.41) is 26.5. The minimum absolute atomic E-state index is 0. The molecule has 1 saturated heterocycles. The first kappa shape index (κ1) is 29.8. The van der Waals surface area contributed by atoms with Crippen LogP contribution in [0.5, 0.6) is 0 Å². The molecule has 1 aromatic heterocycles. The second-order valence-electron chi connectivity index (χ2n) is 10.1. The average molecular weight is 517 g/mol. The number of aliphatic hydroxyl groups excluding tert-OH is 1. The summed E-state index contributed by atoms with van der Waals surface area (Å²) in [4.78, 5) is 10.2. The molecule has 1 aliphatic carbocycles. The first-order chi connectivity index (χ1) is 16.4. The molecular weight excluding hydrogens is 476 g/mol. The Morgan fingerprint density at radius 2 is 1.86 bits per heavy atom. The molecule has 2 aromatic rings. The van der Waals surface area contributed by atoms with Crippen LogP contribution in [0, 0.1) is 16.7 Å². The number of rotatable bonds is 8. The van der Waals surface area contributed by atoms with E-state index in [1.54, 1.807) is 6.20 Å². The lowest BCUT2D eigenvalue weighted by Crippen LogP contribution is -2.41. The summed E-state index contributed by atoms with van der Waals surface area (Å²) >= 11 is 1.86. The fourth-order valence-electron chi connectivity index (χ4n) is 4.74. The maximum atomic E-state index is 10.2. The monoisotopic (exact) mass is 516 g/mol. The third-order valence-electron chi connectivity index (χ3n) is 6.88. The Morgan fingerprint density at radius 1 is 1.14 bits per heavy atom. The first-order valence-corrected chi connectivity index (χ1v) is 13.2. The molecule has 2 fully saturated rings. The Balaban J connectivity index is 0.00000228. The fourth-order valence-corrected chi connectivity index (χ4v) is 5.74. The van der Waals surface area contributed by atoms with E-state index in [0.29, 0.717) is 23.9 Å². The Hall–Kier alpha value is -2.42. The molecular formula is C26H40N6O3S. The predicted octanol–water partition coefficient (Wildman–Crippen LogP) is 3.20. The van der Waals surface area contributed by atoms with Crippen LogP contribution in [0.2, 0.25) is 0 Å². The predicted molar refractivity (Wildman–Crippen MR) is 145 cm³/mol. The molecule has 36 heavy (non-hydrogen) atoms. The molecule has 0 bridgehead atoms. The first-order valence-electron chi connectivity index (χ1n) is 12.4. The summed E-state index contributed by atoms with van der Waals surface area (Å²) in [6.45, 7) is 7.24. The highest BCUT2D eigenvalue weighted by atomic mass is 32.2. The van der Waals surface area contributed by atoms with Crippen molar-refractivity contribution in [2.24, 2.45) is 5.41 Å². The lowest BCUT2D eigenvalue weighted by atomic mass is 9.73. The Kier molecular flexibility index (Phi) is 11.4. The third kappa shape index (κ3) is 8.05. The zero-order chi connectivity index (χ0) is 24.0. The van der Waals surface area contributed by atoms with E-state index in [4.69, 9.17) is 0 Å². The SMILES string of the molecule is CC1(C)C[C@H](Nc2nc(NCCc3ccc(SN4CCCCC4)cc3)ncc2C#N)CC[C@@H]1O.O.O. The van der Waals surface area contributed by atoms with E-state index >= 15 is 0 Å². The molecule has 0 spiro atoms. The van der Waals surface area contributed by atoms with Crippen molar-refractivity contribution < 1.29 is 16.1 Å². The molecule has 9 nitrogen and oxygen atoms in total. The summed E-state index contributed by atoms with van der Waals surface area (Å²) in [6.07, 6.45) is 8.54. The molecule has 2 atom stereocenters. The normalized spacial score (nSPS) is 21.4. The third-order valence-corrected chi connectivity index (χ3v) is 7.99. The van der Waals surface area contributed by atoms with E-state index in [-0.39, 0.29) is 28.5 Å². The highest BCUT2D eigenvalue weighted by Gasteiger charge is 2.35. The maximum absolute atomic E-state index is 10.2. The van der Waals surface area contributed by atoms with Crippen molar-refractivity contribution in [2.75, 3.05) is 30.3 Å². The van der Waals surface area contributed by atoms with Crippen LogP contribution >= 0.6 is 11.9 Å². The number of benzene rings is 1. The smallest absolute Gasteiger partial charge is 0.224 e. The standard InChI is InChI=1S/C26H36N6OS.2H2O/c1-26(2)16-21(8-11-23(26)33)30-24-20(17-27)18-29-25(31-24)28-13-12-19-6-9-22(10-7-19)34-32-14-4-3-5-15-32;;/h6-7,9-10,18,21,23,33H,3-5,8,11-16H2,1-2H3,(H2,28,29,30,31);2*1H2/t21-,23+;;/m1../s1. The highest BCUT2D eigenvalue weighted by molar-refractivity contribution is 7.97. The van der Waals surface area contributed by atoms with Crippen LogP contribution < -0.4 is 10.6 Å². The van der Waals surface area contributed by atoms with Gasteiger partial charge in [0.2, 0.25) is 5.95 Å². The van der Waals surface area contributed by atoms with Crippen molar-refractivity contribution in [3.63, 3.8) is 0 Å². The number of hydrogen-bond acceptors (Lipinski definition) is 8. The van der Waals surface area contributed by atoms with Crippen LogP contribution in [0.3, 0.4) is 0 Å². The van der Waals surface area contributed by atoms with Gasteiger partial charge in [-0.2, -0.15) is 10.2 Å². The number of anilines is 2. The summed E-state index contributed by atoms with van der Waals surface area (Å²) in [5.41, 5.74) is 1.56. The maximum Gasteiger partial charge on any atom is 0.224 e. The average Bonchev–Trinajstić information content (AvgIpc) is 2.83. The Morgan fingerprint density at radius 3 is 2.53 bits per heavy atom. The largest absolute Gasteiger partial charge is 0.412 e. The van der Waals surface area contributed by atoms with E-state index in [2.05, 4.69) is 69.1 Å². The fraction of sp³-hybridized carbons (Fsp3) is 0.577. The van der Waals surface area contributed by atoms with Gasteiger partial charge in [-0.3, -0.25) is 0 Å². The molecule has 1 aliphatic heterocycles. The summed E-state index contributed by atoms with van der Waals surface area (Å²) < 4.78 is 2.46. The van der Waals surface area contributed by atoms with Crippen LogP contribution in [0.15, 0.2) is 35.4 Å². The molecule has 0 unspecified atom stereocenters. The summed E-state index contributed by atoms with van der Waals surface area (Å²) in [6, 6.07) is 11.2. The van der Waals surface area contributed by atoms with Crippen molar-refractivity contribution in [1.29, 1.82) is 5.26 Å². The summed E-state index contributed by atoms with van der Waals surface area (Å²) in [7, 11) is 0. The number of nitriles is 1. The molecule has 2 heterocycles. The van der Waals surface area contributed by atoms with E-state index in [1.807, 2.05) is 11.9 Å². The number of aromatic nitrogens is 2. The second kappa shape index (κ2) is 13.8. The van der Waals surface area contributed by atoms with Gasteiger partial charge in [-0.05, 0) is 73.6 Å². The lowest BCUT2D eigenvalue weighted by Gasteiger charge is -2.40. The molecule has 10 heteroatoms. The zero-order valence-electron chi connectivity index (χ0n) is 21.3. The molecule has 1 aromatic carbocycles. The van der Waals surface area contributed by atoms with Gasteiger partial charge in [0.15, 0.2) is 0 Å². The van der Waals surface area contributed by atoms with Gasteiger partial charge in [-0.25, -0.2) is 9.29 Å². The molecule has 4 rings (SSSR count). The zero-order valence-corrected chi connectivity index (χ0v) is 22.1. The quantitative estimate of drug-likeness (QED) is 0.451. The molecule has 0 radical (unpaired) electrons. The number of piperidine rings is 1. The van der Waals surface area contributed by atoms with Gasteiger partial charge in [0.05, 0.1) is 12.3 Å². The number of hydrogen-bond donors (Lipinski definition) is 3. The van der Waals surface area contributed by atoms with Gasteiger partial charge in [0.1, 0.15) is 17.5 Å². The van der Waals surface area contributed by atoms with Gasteiger partial charge < -0.3 is 26.7 Å².